The van der Waals surface area contributed by atoms with Crippen LogP contribution in [-0.4, -0.2) is 31.1 Å². The van der Waals surface area contributed by atoms with Gasteiger partial charge in [-0.1, -0.05) is 13.8 Å². The Bertz CT molecular complexity index is 419. The number of pyridine rings is 1. The van der Waals surface area contributed by atoms with Gasteiger partial charge in [0.15, 0.2) is 0 Å². The molecule has 0 fully saturated rings. The lowest BCUT2D eigenvalue weighted by Gasteiger charge is -2.24. The third-order valence-corrected chi connectivity index (χ3v) is 3.03. The summed E-state index contributed by atoms with van der Waals surface area (Å²) in [6, 6.07) is 1.65. The Hall–Kier alpha value is -1.62. The van der Waals surface area contributed by atoms with Crippen molar-refractivity contribution in [1.29, 1.82) is 0 Å². The van der Waals surface area contributed by atoms with E-state index in [2.05, 4.69) is 24.1 Å². The molecule has 5 nitrogen and oxygen atoms in total. The van der Waals surface area contributed by atoms with Crippen LogP contribution in [0.3, 0.4) is 0 Å². The zero-order valence-corrected chi connectivity index (χ0v) is 11.9. The molecule has 106 valence electrons. The molecule has 0 unspecified atom stereocenters. The van der Waals surface area contributed by atoms with Gasteiger partial charge in [0, 0.05) is 12.7 Å². The number of carbonyl (C=O) groups is 1. The molecule has 1 rings (SSSR count). The summed E-state index contributed by atoms with van der Waals surface area (Å²) >= 11 is 0. The summed E-state index contributed by atoms with van der Waals surface area (Å²) in [7, 11) is 1.53. The van der Waals surface area contributed by atoms with E-state index in [1.807, 2.05) is 0 Å². The molecule has 0 aliphatic carbocycles. The van der Waals surface area contributed by atoms with Crippen molar-refractivity contribution in [1.82, 2.24) is 10.3 Å². The van der Waals surface area contributed by atoms with Crippen molar-refractivity contribution < 1.29 is 9.53 Å². The molecule has 1 heterocycles. The molecule has 0 saturated carbocycles. The lowest BCUT2D eigenvalue weighted by Crippen LogP contribution is -2.34. The molecule has 0 aliphatic rings. The molecular formula is C14H23N3O2. The summed E-state index contributed by atoms with van der Waals surface area (Å²) < 4.78 is 5.12. The van der Waals surface area contributed by atoms with E-state index >= 15 is 0 Å². The number of ether oxygens (including phenoxy) is 1. The standard InChI is InChI=1S/C14H23N3O2/c1-14(2,6-4-7-15)10-17-13(18)11-5-8-16-9-12(11)19-3/h5,8-9H,4,6-7,10,15H2,1-3H3,(H,17,18). The van der Waals surface area contributed by atoms with Gasteiger partial charge in [-0.05, 0) is 30.9 Å². The summed E-state index contributed by atoms with van der Waals surface area (Å²) in [6.45, 7) is 5.52. The Kier molecular flexibility index (Phi) is 5.76. The Labute approximate surface area is 114 Å². The van der Waals surface area contributed by atoms with Crippen molar-refractivity contribution >= 4 is 5.91 Å². The van der Waals surface area contributed by atoms with E-state index in [4.69, 9.17) is 10.5 Å². The van der Waals surface area contributed by atoms with Crippen LogP contribution in [0.2, 0.25) is 0 Å². The molecular weight excluding hydrogens is 242 g/mol. The first-order valence-corrected chi connectivity index (χ1v) is 6.46. The minimum atomic E-state index is -0.139. The van der Waals surface area contributed by atoms with Gasteiger partial charge in [0.2, 0.25) is 0 Å². The molecule has 0 saturated heterocycles. The van der Waals surface area contributed by atoms with Gasteiger partial charge in [-0.25, -0.2) is 0 Å². The van der Waals surface area contributed by atoms with Crippen LogP contribution in [0, 0.1) is 5.41 Å². The number of rotatable bonds is 7. The quantitative estimate of drug-likeness (QED) is 0.784. The minimum absolute atomic E-state index is 0.0370. The molecule has 19 heavy (non-hydrogen) atoms. The highest BCUT2D eigenvalue weighted by atomic mass is 16.5. The van der Waals surface area contributed by atoms with E-state index < -0.39 is 0 Å². The van der Waals surface area contributed by atoms with Gasteiger partial charge in [0.1, 0.15) is 5.75 Å². The van der Waals surface area contributed by atoms with E-state index in [9.17, 15) is 4.79 Å². The molecule has 0 atom stereocenters. The van der Waals surface area contributed by atoms with Crippen LogP contribution < -0.4 is 15.8 Å². The second kappa shape index (κ2) is 7.09. The minimum Gasteiger partial charge on any atom is -0.494 e. The maximum Gasteiger partial charge on any atom is 0.255 e. The first-order chi connectivity index (χ1) is 9.00. The number of hydrogen-bond acceptors (Lipinski definition) is 4. The highest BCUT2D eigenvalue weighted by Crippen LogP contribution is 2.21. The zero-order valence-electron chi connectivity index (χ0n) is 11.9. The number of nitrogens with two attached hydrogens (primary N) is 1. The van der Waals surface area contributed by atoms with Gasteiger partial charge in [0.25, 0.3) is 5.91 Å². The van der Waals surface area contributed by atoms with Crippen molar-refractivity contribution in [3.63, 3.8) is 0 Å². The lowest BCUT2D eigenvalue weighted by atomic mass is 9.87. The third kappa shape index (κ3) is 4.87. The largest absolute Gasteiger partial charge is 0.494 e. The number of amides is 1. The van der Waals surface area contributed by atoms with Gasteiger partial charge in [-0.15, -0.1) is 0 Å². The second-order valence-corrected chi connectivity index (χ2v) is 5.32. The number of carbonyl (C=O) groups excluding carboxylic acids is 1. The molecule has 0 spiro atoms. The first kappa shape index (κ1) is 15.4. The number of hydrogen-bond donors (Lipinski definition) is 2. The fraction of sp³-hybridized carbons (Fsp3) is 0.571. The number of methoxy groups -OCH3 is 1. The molecule has 3 N–H and O–H groups in total. The maximum atomic E-state index is 12.1. The Balaban J connectivity index is 2.60. The molecule has 1 aromatic rings. The summed E-state index contributed by atoms with van der Waals surface area (Å²) in [5, 5.41) is 2.94. The SMILES string of the molecule is COc1cnccc1C(=O)NCC(C)(C)CCCN. The van der Waals surface area contributed by atoms with E-state index in [1.165, 1.54) is 13.3 Å². The molecule has 1 aromatic heterocycles. The van der Waals surface area contributed by atoms with Crippen LogP contribution in [-0.2, 0) is 0 Å². The van der Waals surface area contributed by atoms with Gasteiger partial charge in [-0.2, -0.15) is 0 Å². The van der Waals surface area contributed by atoms with Crippen LogP contribution >= 0.6 is 0 Å². The fourth-order valence-electron chi connectivity index (χ4n) is 1.81. The summed E-state index contributed by atoms with van der Waals surface area (Å²) in [4.78, 5) is 16.0. The van der Waals surface area contributed by atoms with Crippen molar-refractivity contribution in [2.75, 3.05) is 20.2 Å². The smallest absolute Gasteiger partial charge is 0.255 e. The molecule has 0 bridgehead atoms. The summed E-state index contributed by atoms with van der Waals surface area (Å²) in [5.74, 6) is 0.347. The van der Waals surface area contributed by atoms with E-state index in [0.29, 0.717) is 24.4 Å². The van der Waals surface area contributed by atoms with Crippen molar-refractivity contribution in [2.45, 2.75) is 26.7 Å². The molecule has 5 heteroatoms. The van der Waals surface area contributed by atoms with Gasteiger partial charge in [-0.3, -0.25) is 9.78 Å². The highest BCUT2D eigenvalue weighted by Gasteiger charge is 2.19. The molecule has 0 aromatic carbocycles. The van der Waals surface area contributed by atoms with E-state index in [-0.39, 0.29) is 11.3 Å². The van der Waals surface area contributed by atoms with Crippen LogP contribution in [0.15, 0.2) is 18.5 Å². The molecule has 0 aliphatic heterocycles. The zero-order chi connectivity index (χ0) is 14.3. The van der Waals surface area contributed by atoms with Gasteiger partial charge in [0.05, 0.1) is 18.9 Å². The van der Waals surface area contributed by atoms with Crippen LogP contribution in [0.1, 0.15) is 37.0 Å². The summed E-state index contributed by atoms with van der Waals surface area (Å²) in [5.41, 5.74) is 6.05. The Morgan fingerprint density at radius 1 is 1.53 bits per heavy atom. The van der Waals surface area contributed by atoms with E-state index in [1.54, 1.807) is 12.3 Å². The fourth-order valence-corrected chi connectivity index (χ4v) is 1.81. The van der Waals surface area contributed by atoms with E-state index in [0.717, 1.165) is 12.8 Å². The molecule has 0 radical (unpaired) electrons. The van der Waals surface area contributed by atoms with Crippen LogP contribution in [0.25, 0.3) is 0 Å². The Morgan fingerprint density at radius 3 is 2.89 bits per heavy atom. The predicted octanol–water partition coefficient (Wildman–Crippen LogP) is 1.59. The average Bonchev–Trinajstić information content (AvgIpc) is 2.42. The monoisotopic (exact) mass is 265 g/mol. The first-order valence-electron chi connectivity index (χ1n) is 6.46. The molecule has 1 amide bonds. The van der Waals surface area contributed by atoms with Crippen LogP contribution in [0.4, 0.5) is 0 Å². The van der Waals surface area contributed by atoms with Gasteiger partial charge >= 0.3 is 0 Å². The maximum absolute atomic E-state index is 12.1. The number of nitrogens with zero attached hydrogens (tertiary/aromatic N) is 1. The lowest BCUT2D eigenvalue weighted by molar-refractivity contribution is 0.0931. The third-order valence-electron chi connectivity index (χ3n) is 3.03. The number of aromatic nitrogens is 1. The van der Waals surface area contributed by atoms with Crippen molar-refractivity contribution in [3.8, 4) is 5.75 Å². The normalized spacial score (nSPS) is 11.2. The van der Waals surface area contributed by atoms with Crippen LogP contribution in [0.5, 0.6) is 5.75 Å². The predicted molar refractivity (Wildman–Crippen MR) is 75.2 cm³/mol. The summed E-state index contributed by atoms with van der Waals surface area (Å²) in [6.07, 6.45) is 5.06. The Morgan fingerprint density at radius 2 is 2.26 bits per heavy atom. The number of nitrogens with one attached hydrogen (secondary N) is 1. The van der Waals surface area contributed by atoms with Crippen molar-refractivity contribution in [3.05, 3.63) is 24.0 Å². The van der Waals surface area contributed by atoms with Crippen molar-refractivity contribution in [2.24, 2.45) is 11.1 Å². The second-order valence-electron chi connectivity index (χ2n) is 5.32. The van der Waals surface area contributed by atoms with Gasteiger partial charge < -0.3 is 15.8 Å². The topological polar surface area (TPSA) is 77.2 Å². The average molecular weight is 265 g/mol. The highest BCUT2D eigenvalue weighted by molar-refractivity contribution is 5.96.